The molecule has 1 heterocycles. The van der Waals surface area contributed by atoms with Gasteiger partial charge < -0.3 is 4.90 Å². The number of nitrogens with one attached hydrogen (secondary N) is 1. The van der Waals surface area contributed by atoms with Crippen molar-refractivity contribution in [1.29, 1.82) is 0 Å². The van der Waals surface area contributed by atoms with Gasteiger partial charge in [-0.3, -0.25) is 10.1 Å². The number of rotatable bonds is 6. The summed E-state index contributed by atoms with van der Waals surface area (Å²) in [7, 11) is 0. The Kier molecular flexibility index (Phi) is 5.43. The summed E-state index contributed by atoms with van der Waals surface area (Å²) in [6.45, 7) is 4.57. The van der Waals surface area contributed by atoms with E-state index in [9.17, 15) is 9.18 Å². The number of thioether (sulfide) groups is 1. The van der Waals surface area contributed by atoms with Gasteiger partial charge in [0.1, 0.15) is 12.0 Å². The molecule has 1 aliphatic rings. The maximum atomic E-state index is 13.0. The standard InChI is InChI=1S/C15H21FN2OS/c1-3-20-9-8-11(2)18-14(19)10-17-15(18)12-4-6-13(16)7-5-12/h4-7,11,15,17H,3,8-10H2,1-2H3. The average Bonchev–Trinajstić information content (AvgIpc) is 2.82. The number of benzene rings is 1. The first-order valence-electron chi connectivity index (χ1n) is 7.01. The topological polar surface area (TPSA) is 32.3 Å². The zero-order chi connectivity index (χ0) is 14.5. The highest BCUT2D eigenvalue weighted by Crippen LogP contribution is 2.26. The van der Waals surface area contributed by atoms with E-state index in [4.69, 9.17) is 0 Å². The Morgan fingerprint density at radius 1 is 1.45 bits per heavy atom. The number of carbonyl (C=O) groups excluding carboxylic acids is 1. The molecule has 1 fully saturated rings. The number of amides is 1. The fraction of sp³-hybridized carbons (Fsp3) is 0.533. The highest BCUT2D eigenvalue weighted by atomic mass is 32.2. The first-order chi connectivity index (χ1) is 9.63. The van der Waals surface area contributed by atoms with Gasteiger partial charge in [-0.15, -0.1) is 0 Å². The lowest BCUT2D eigenvalue weighted by molar-refractivity contribution is -0.130. The SMILES string of the molecule is CCSCCC(C)N1C(=O)CNC1c1ccc(F)cc1. The van der Waals surface area contributed by atoms with E-state index in [1.54, 1.807) is 12.1 Å². The maximum absolute atomic E-state index is 13.0. The van der Waals surface area contributed by atoms with Gasteiger partial charge in [-0.05, 0) is 42.5 Å². The zero-order valence-electron chi connectivity index (χ0n) is 11.9. The summed E-state index contributed by atoms with van der Waals surface area (Å²) in [5, 5.41) is 3.21. The van der Waals surface area contributed by atoms with Crippen molar-refractivity contribution in [3.05, 3.63) is 35.6 Å². The summed E-state index contributed by atoms with van der Waals surface area (Å²) in [6, 6.07) is 6.55. The highest BCUT2D eigenvalue weighted by Gasteiger charge is 2.34. The molecule has 2 unspecified atom stereocenters. The molecule has 1 saturated heterocycles. The van der Waals surface area contributed by atoms with Crippen LogP contribution in [-0.4, -0.2) is 34.9 Å². The van der Waals surface area contributed by atoms with Crippen molar-refractivity contribution in [1.82, 2.24) is 10.2 Å². The third-order valence-corrected chi connectivity index (χ3v) is 4.49. The maximum Gasteiger partial charge on any atom is 0.238 e. The monoisotopic (exact) mass is 296 g/mol. The van der Waals surface area contributed by atoms with Gasteiger partial charge in [0.25, 0.3) is 0 Å². The van der Waals surface area contributed by atoms with Gasteiger partial charge in [0.2, 0.25) is 5.91 Å². The van der Waals surface area contributed by atoms with Gasteiger partial charge >= 0.3 is 0 Å². The second kappa shape index (κ2) is 7.09. The Bertz CT molecular complexity index is 452. The van der Waals surface area contributed by atoms with Crippen LogP contribution >= 0.6 is 11.8 Å². The molecule has 2 rings (SSSR count). The molecule has 20 heavy (non-hydrogen) atoms. The van der Waals surface area contributed by atoms with Crippen LogP contribution in [-0.2, 0) is 4.79 Å². The summed E-state index contributed by atoms with van der Waals surface area (Å²) >= 11 is 1.89. The molecule has 5 heteroatoms. The Balaban J connectivity index is 2.07. The number of nitrogens with zero attached hydrogens (tertiary/aromatic N) is 1. The third kappa shape index (κ3) is 3.52. The van der Waals surface area contributed by atoms with Crippen LogP contribution in [0, 0.1) is 5.82 Å². The summed E-state index contributed by atoms with van der Waals surface area (Å²) < 4.78 is 13.0. The van der Waals surface area contributed by atoms with E-state index in [1.807, 2.05) is 16.7 Å². The molecule has 1 aromatic rings. The fourth-order valence-electron chi connectivity index (χ4n) is 2.48. The van der Waals surface area contributed by atoms with Crippen molar-refractivity contribution in [3.8, 4) is 0 Å². The third-order valence-electron chi connectivity index (χ3n) is 3.56. The first-order valence-corrected chi connectivity index (χ1v) is 8.16. The Morgan fingerprint density at radius 2 is 2.15 bits per heavy atom. The molecule has 2 atom stereocenters. The molecule has 110 valence electrons. The first kappa shape index (κ1) is 15.3. The van der Waals surface area contributed by atoms with Crippen molar-refractivity contribution >= 4 is 17.7 Å². The molecule has 1 aromatic carbocycles. The van der Waals surface area contributed by atoms with Crippen molar-refractivity contribution in [2.45, 2.75) is 32.5 Å². The Labute approximate surface area is 123 Å². The van der Waals surface area contributed by atoms with E-state index in [2.05, 4.69) is 19.2 Å². The number of carbonyl (C=O) groups is 1. The number of hydrogen-bond acceptors (Lipinski definition) is 3. The highest BCUT2D eigenvalue weighted by molar-refractivity contribution is 7.99. The molecule has 1 amide bonds. The molecule has 3 nitrogen and oxygen atoms in total. The molecular weight excluding hydrogens is 275 g/mol. The van der Waals surface area contributed by atoms with Crippen molar-refractivity contribution in [3.63, 3.8) is 0 Å². The molecule has 0 spiro atoms. The second-order valence-corrected chi connectivity index (χ2v) is 6.36. The van der Waals surface area contributed by atoms with E-state index in [0.29, 0.717) is 6.54 Å². The van der Waals surface area contributed by atoms with Crippen LogP contribution in [0.25, 0.3) is 0 Å². The lowest BCUT2D eigenvalue weighted by Gasteiger charge is -2.30. The minimum absolute atomic E-state index is 0.119. The summed E-state index contributed by atoms with van der Waals surface area (Å²) in [4.78, 5) is 14.0. The van der Waals surface area contributed by atoms with E-state index in [0.717, 1.165) is 23.5 Å². The minimum Gasteiger partial charge on any atom is -0.319 e. The van der Waals surface area contributed by atoms with Gasteiger partial charge in [0, 0.05) is 6.04 Å². The molecular formula is C15H21FN2OS. The van der Waals surface area contributed by atoms with Gasteiger partial charge in [-0.2, -0.15) is 11.8 Å². The molecule has 1 aliphatic heterocycles. The predicted octanol–water partition coefficient (Wildman–Crippen LogP) is 2.79. The summed E-state index contributed by atoms with van der Waals surface area (Å²) in [5.74, 6) is 2.02. The van der Waals surface area contributed by atoms with Crippen molar-refractivity contribution in [2.24, 2.45) is 0 Å². The van der Waals surface area contributed by atoms with Crippen molar-refractivity contribution < 1.29 is 9.18 Å². The van der Waals surface area contributed by atoms with Crippen LogP contribution in [0.15, 0.2) is 24.3 Å². The summed E-state index contributed by atoms with van der Waals surface area (Å²) in [6.07, 6.45) is 0.841. The largest absolute Gasteiger partial charge is 0.319 e. The normalized spacial score (nSPS) is 20.4. The van der Waals surface area contributed by atoms with Crippen LogP contribution in [0.1, 0.15) is 32.0 Å². The van der Waals surface area contributed by atoms with Crippen LogP contribution < -0.4 is 5.32 Å². The van der Waals surface area contributed by atoms with Crippen LogP contribution in [0.5, 0.6) is 0 Å². The lowest BCUT2D eigenvalue weighted by atomic mass is 10.1. The van der Waals surface area contributed by atoms with E-state index >= 15 is 0 Å². The van der Waals surface area contributed by atoms with E-state index < -0.39 is 0 Å². The number of halogens is 1. The molecule has 0 radical (unpaired) electrons. The van der Waals surface area contributed by atoms with E-state index in [-0.39, 0.29) is 23.9 Å². The lowest BCUT2D eigenvalue weighted by Crippen LogP contribution is -2.38. The quantitative estimate of drug-likeness (QED) is 0.819. The van der Waals surface area contributed by atoms with Gasteiger partial charge in [-0.25, -0.2) is 4.39 Å². The predicted molar refractivity (Wildman–Crippen MR) is 81.1 cm³/mol. The summed E-state index contributed by atoms with van der Waals surface area (Å²) in [5.41, 5.74) is 0.937. The molecule has 0 saturated carbocycles. The molecule has 0 aromatic heterocycles. The molecule has 0 bridgehead atoms. The fourth-order valence-corrected chi connectivity index (χ4v) is 3.28. The number of hydrogen-bond donors (Lipinski definition) is 1. The second-order valence-electron chi connectivity index (χ2n) is 4.97. The smallest absolute Gasteiger partial charge is 0.238 e. The van der Waals surface area contributed by atoms with Gasteiger partial charge in [0.05, 0.1) is 6.54 Å². The van der Waals surface area contributed by atoms with Crippen LogP contribution in [0.4, 0.5) is 4.39 Å². The Morgan fingerprint density at radius 3 is 2.80 bits per heavy atom. The minimum atomic E-state index is -0.253. The van der Waals surface area contributed by atoms with Gasteiger partial charge in [-0.1, -0.05) is 19.1 Å². The van der Waals surface area contributed by atoms with Crippen LogP contribution in [0.3, 0.4) is 0 Å². The zero-order valence-corrected chi connectivity index (χ0v) is 12.8. The average molecular weight is 296 g/mol. The molecule has 1 N–H and O–H groups in total. The van der Waals surface area contributed by atoms with Gasteiger partial charge in [0.15, 0.2) is 0 Å². The Hall–Kier alpha value is -1.07. The van der Waals surface area contributed by atoms with Crippen LogP contribution in [0.2, 0.25) is 0 Å². The van der Waals surface area contributed by atoms with Crippen molar-refractivity contribution in [2.75, 3.05) is 18.1 Å². The molecule has 0 aliphatic carbocycles. The van der Waals surface area contributed by atoms with E-state index in [1.165, 1.54) is 12.1 Å².